The van der Waals surface area contributed by atoms with Crippen molar-refractivity contribution >= 4 is 17.4 Å². The zero-order chi connectivity index (χ0) is 9.26. The fourth-order valence-electron chi connectivity index (χ4n) is 1.54. The van der Waals surface area contributed by atoms with Crippen molar-refractivity contribution in [1.29, 1.82) is 0 Å². The van der Waals surface area contributed by atoms with E-state index in [1.807, 2.05) is 24.3 Å². The number of hydrogen-bond acceptors (Lipinski definition) is 2. The lowest BCUT2D eigenvalue weighted by molar-refractivity contribution is -0.116. The minimum Gasteiger partial charge on any atom is -0.303 e. The van der Waals surface area contributed by atoms with Crippen molar-refractivity contribution in [3.05, 3.63) is 34.9 Å². The molecule has 2 rings (SSSR count). The van der Waals surface area contributed by atoms with E-state index in [9.17, 15) is 4.79 Å². The predicted octanol–water partition coefficient (Wildman–Crippen LogP) is 1.94. The Morgan fingerprint density at radius 1 is 1.31 bits per heavy atom. The van der Waals surface area contributed by atoms with Crippen LogP contribution in [0.15, 0.2) is 24.3 Å². The van der Waals surface area contributed by atoms with Gasteiger partial charge in [-0.3, -0.25) is 4.79 Å². The molecule has 0 aliphatic carbocycles. The van der Waals surface area contributed by atoms with Crippen molar-refractivity contribution < 1.29 is 4.79 Å². The van der Waals surface area contributed by atoms with Crippen LogP contribution in [0.2, 0.25) is 5.02 Å². The molecule has 1 N–H and O–H groups in total. The quantitative estimate of drug-likeness (QED) is 0.742. The number of Topliss-reactive ketones (excluding diaryl/α,β-unsaturated/α-hetero) is 1. The molecule has 0 bridgehead atoms. The first-order valence-electron chi connectivity index (χ1n) is 4.26. The maximum atomic E-state index is 11.0. The van der Waals surface area contributed by atoms with E-state index in [0.29, 0.717) is 13.0 Å². The molecule has 0 radical (unpaired) electrons. The van der Waals surface area contributed by atoms with Gasteiger partial charge in [-0.25, -0.2) is 0 Å². The third-order valence-electron chi connectivity index (χ3n) is 2.25. The van der Waals surface area contributed by atoms with Crippen molar-refractivity contribution in [2.45, 2.75) is 12.5 Å². The Labute approximate surface area is 81.9 Å². The molecule has 0 amide bonds. The van der Waals surface area contributed by atoms with Gasteiger partial charge in [0.25, 0.3) is 0 Å². The Morgan fingerprint density at radius 2 is 2.00 bits per heavy atom. The molecule has 1 aromatic carbocycles. The van der Waals surface area contributed by atoms with Crippen molar-refractivity contribution in [3.8, 4) is 0 Å². The van der Waals surface area contributed by atoms with Gasteiger partial charge in [0.05, 0.1) is 6.54 Å². The molecule has 1 aromatic rings. The molecule has 1 aliphatic rings. The van der Waals surface area contributed by atoms with E-state index in [-0.39, 0.29) is 11.8 Å². The molecule has 1 unspecified atom stereocenters. The lowest BCUT2D eigenvalue weighted by Gasteiger charge is -2.08. The molecule has 0 spiro atoms. The zero-order valence-corrected chi connectivity index (χ0v) is 7.84. The molecule has 2 nitrogen and oxygen atoms in total. The van der Waals surface area contributed by atoms with Crippen LogP contribution in [-0.2, 0) is 4.79 Å². The standard InChI is InChI=1S/C10H10ClNO/c11-8-3-1-7(2-4-8)10-5-9(13)6-12-10/h1-4,10,12H,5-6H2. The Kier molecular flexibility index (Phi) is 2.34. The van der Waals surface area contributed by atoms with E-state index in [0.717, 1.165) is 10.6 Å². The smallest absolute Gasteiger partial charge is 0.148 e. The van der Waals surface area contributed by atoms with Crippen LogP contribution < -0.4 is 5.32 Å². The highest BCUT2D eigenvalue weighted by molar-refractivity contribution is 6.30. The van der Waals surface area contributed by atoms with Gasteiger partial charge in [-0.1, -0.05) is 23.7 Å². The number of benzene rings is 1. The first-order chi connectivity index (χ1) is 6.25. The van der Waals surface area contributed by atoms with Gasteiger partial charge in [0.1, 0.15) is 5.78 Å². The summed E-state index contributed by atoms with van der Waals surface area (Å²) < 4.78 is 0. The van der Waals surface area contributed by atoms with Gasteiger partial charge in [-0.15, -0.1) is 0 Å². The Bertz CT molecular complexity index is 320. The molecule has 1 atom stereocenters. The minimum absolute atomic E-state index is 0.185. The van der Waals surface area contributed by atoms with Gasteiger partial charge < -0.3 is 5.32 Å². The normalized spacial score (nSPS) is 22.2. The summed E-state index contributed by atoms with van der Waals surface area (Å²) >= 11 is 5.76. The monoisotopic (exact) mass is 195 g/mol. The van der Waals surface area contributed by atoms with E-state index in [1.54, 1.807) is 0 Å². The van der Waals surface area contributed by atoms with Crippen LogP contribution in [0.25, 0.3) is 0 Å². The fourth-order valence-corrected chi connectivity index (χ4v) is 1.67. The summed E-state index contributed by atoms with van der Waals surface area (Å²) in [6.07, 6.45) is 0.599. The second-order valence-corrected chi connectivity index (χ2v) is 3.66. The average Bonchev–Trinajstić information content (AvgIpc) is 2.53. The molecule has 0 saturated carbocycles. The number of carbonyl (C=O) groups is 1. The highest BCUT2D eigenvalue weighted by Crippen LogP contribution is 2.22. The van der Waals surface area contributed by atoms with E-state index in [1.165, 1.54) is 0 Å². The van der Waals surface area contributed by atoms with Crippen LogP contribution >= 0.6 is 11.6 Å². The molecule has 1 fully saturated rings. The van der Waals surface area contributed by atoms with E-state index < -0.39 is 0 Å². The summed E-state index contributed by atoms with van der Waals surface area (Å²) in [4.78, 5) is 11.0. The van der Waals surface area contributed by atoms with Crippen LogP contribution in [0.1, 0.15) is 18.0 Å². The lowest BCUT2D eigenvalue weighted by Crippen LogP contribution is -2.13. The summed E-state index contributed by atoms with van der Waals surface area (Å²) in [7, 11) is 0. The van der Waals surface area contributed by atoms with Gasteiger partial charge in [0.2, 0.25) is 0 Å². The maximum absolute atomic E-state index is 11.0. The topological polar surface area (TPSA) is 29.1 Å². The van der Waals surface area contributed by atoms with Crippen molar-refractivity contribution in [2.24, 2.45) is 0 Å². The van der Waals surface area contributed by atoms with Crippen LogP contribution in [-0.4, -0.2) is 12.3 Å². The molecule has 1 saturated heterocycles. The van der Waals surface area contributed by atoms with Gasteiger partial charge in [0, 0.05) is 17.5 Å². The summed E-state index contributed by atoms with van der Waals surface area (Å²) in [5.74, 6) is 0.278. The molecule has 1 aliphatic heterocycles. The van der Waals surface area contributed by atoms with Crippen LogP contribution in [0, 0.1) is 0 Å². The molecular weight excluding hydrogens is 186 g/mol. The number of ketones is 1. The largest absolute Gasteiger partial charge is 0.303 e. The summed E-state index contributed by atoms with van der Waals surface area (Å²) in [5, 5.41) is 3.88. The number of carbonyl (C=O) groups excluding carboxylic acids is 1. The lowest BCUT2D eigenvalue weighted by atomic mass is 10.1. The fraction of sp³-hybridized carbons (Fsp3) is 0.300. The SMILES string of the molecule is O=C1CNC(c2ccc(Cl)cc2)C1. The van der Waals surface area contributed by atoms with Crippen LogP contribution in [0.5, 0.6) is 0 Å². The first kappa shape index (κ1) is 8.73. The third-order valence-corrected chi connectivity index (χ3v) is 2.50. The predicted molar refractivity (Wildman–Crippen MR) is 51.8 cm³/mol. The van der Waals surface area contributed by atoms with Gasteiger partial charge in [0.15, 0.2) is 0 Å². The van der Waals surface area contributed by atoms with E-state index in [2.05, 4.69) is 5.32 Å². The highest BCUT2D eigenvalue weighted by atomic mass is 35.5. The van der Waals surface area contributed by atoms with E-state index >= 15 is 0 Å². The number of hydrogen-bond donors (Lipinski definition) is 1. The zero-order valence-electron chi connectivity index (χ0n) is 7.09. The molecule has 1 heterocycles. The van der Waals surface area contributed by atoms with Crippen molar-refractivity contribution in [1.82, 2.24) is 5.32 Å². The molecule has 68 valence electrons. The molecular formula is C10H10ClNO. The molecule has 13 heavy (non-hydrogen) atoms. The van der Waals surface area contributed by atoms with Gasteiger partial charge in [-0.2, -0.15) is 0 Å². The highest BCUT2D eigenvalue weighted by Gasteiger charge is 2.22. The summed E-state index contributed by atoms with van der Waals surface area (Å²) in [5.41, 5.74) is 1.13. The van der Waals surface area contributed by atoms with E-state index in [4.69, 9.17) is 11.6 Å². The van der Waals surface area contributed by atoms with Crippen molar-refractivity contribution in [3.63, 3.8) is 0 Å². The number of nitrogens with one attached hydrogen (secondary N) is 1. The summed E-state index contributed by atoms with van der Waals surface area (Å²) in [6, 6.07) is 7.80. The first-order valence-corrected chi connectivity index (χ1v) is 4.64. The van der Waals surface area contributed by atoms with Gasteiger partial charge in [-0.05, 0) is 17.7 Å². The summed E-state index contributed by atoms with van der Waals surface area (Å²) in [6.45, 7) is 0.493. The van der Waals surface area contributed by atoms with Gasteiger partial charge >= 0.3 is 0 Å². The van der Waals surface area contributed by atoms with Crippen LogP contribution in [0.4, 0.5) is 0 Å². The second-order valence-electron chi connectivity index (χ2n) is 3.23. The van der Waals surface area contributed by atoms with Crippen molar-refractivity contribution in [2.75, 3.05) is 6.54 Å². The molecule has 0 aromatic heterocycles. The number of halogens is 1. The molecule has 3 heteroatoms. The Morgan fingerprint density at radius 3 is 2.54 bits per heavy atom. The Balaban J connectivity index is 2.17. The number of rotatable bonds is 1. The minimum atomic E-state index is 0.185. The Hall–Kier alpha value is -0.860. The third kappa shape index (κ3) is 1.90. The maximum Gasteiger partial charge on any atom is 0.148 e. The average molecular weight is 196 g/mol. The van der Waals surface area contributed by atoms with Crippen LogP contribution in [0.3, 0.4) is 0 Å². The second kappa shape index (κ2) is 3.48.